The van der Waals surface area contributed by atoms with Crippen LogP contribution in [0.3, 0.4) is 0 Å². The summed E-state index contributed by atoms with van der Waals surface area (Å²) in [5.41, 5.74) is 6.22. The van der Waals surface area contributed by atoms with Crippen LogP contribution in [0, 0.1) is 0 Å². The van der Waals surface area contributed by atoms with Crippen LogP contribution in [0.2, 0.25) is 0 Å². The first kappa shape index (κ1) is 19.1. The molecule has 1 aromatic carbocycles. The topological polar surface area (TPSA) is 97.0 Å². The van der Waals surface area contributed by atoms with Crippen molar-refractivity contribution in [2.75, 3.05) is 6.54 Å². The van der Waals surface area contributed by atoms with Gasteiger partial charge in [0.05, 0.1) is 0 Å². The Bertz CT molecular complexity index is 672. The number of amides is 2. The van der Waals surface area contributed by atoms with Crippen molar-refractivity contribution in [2.24, 2.45) is 10.8 Å². The molecule has 0 fully saturated rings. The number of carbonyl (C=O) groups excluding carboxylic acids is 2. The highest BCUT2D eigenvalue weighted by Crippen LogP contribution is 2.47. The van der Waals surface area contributed by atoms with Crippen LogP contribution in [0.25, 0.3) is 0 Å². The summed E-state index contributed by atoms with van der Waals surface area (Å²) in [7, 11) is 0. The minimum Gasteiger partial charge on any atom is -0.444 e. The lowest BCUT2D eigenvalue weighted by molar-refractivity contribution is -0.132. The molecular weight excluding hydrogens is 340 g/mol. The van der Waals surface area contributed by atoms with E-state index in [1.165, 1.54) is 23.7 Å². The van der Waals surface area contributed by atoms with Gasteiger partial charge in [0.25, 0.3) is 0 Å². The zero-order chi connectivity index (χ0) is 18.7. The van der Waals surface area contributed by atoms with Gasteiger partial charge < -0.3 is 15.8 Å². The molecule has 0 saturated carbocycles. The number of hydrogen-bond acceptors (Lipinski definition) is 6. The van der Waals surface area contributed by atoms with E-state index in [1.54, 1.807) is 20.8 Å². The molecule has 2 rings (SSSR count). The van der Waals surface area contributed by atoms with E-state index in [9.17, 15) is 9.59 Å². The maximum absolute atomic E-state index is 12.1. The standard InChI is InChI=1S/C17H24N4O3S/c1-12(22)21-17(25-14(18)20-21,13-8-6-5-7-9-13)10-11-19-15(23)24-16(2,3)4/h5-9H,10-11H2,1-4H3,(H2,18,20)(H,19,23). The Balaban J connectivity index is 2.18. The van der Waals surface area contributed by atoms with Crippen LogP contribution in [0.15, 0.2) is 35.4 Å². The van der Waals surface area contributed by atoms with Crippen LogP contribution in [0.4, 0.5) is 4.79 Å². The summed E-state index contributed by atoms with van der Waals surface area (Å²) < 4.78 is 5.25. The Morgan fingerprint density at radius 3 is 2.52 bits per heavy atom. The molecule has 1 atom stereocenters. The van der Waals surface area contributed by atoms with Crippen LogP contribution < -0.4 is 11.1 Å². The van der Waals surface area contributed by atoms with E-state index in [4.69, 9.17) is 10.5 Å². The minimum absolute atomic E-state index is 0.214. The van der Waals surface area contributed by atoms with Crippen molar-refractivity contribution in [3.63, 3.8) is 0 Å². The zero-order valence-corrected chi connectivity index (χ0v) is 15.7. The fourth-order valence-corrected chi connectivity index (χ4v) is 3.75. The molecule has 1 heterocycles. The lowest BCUT2D eigenvalue weighted by Crippen LogP contribution is -2.43. The summed E-state index contributed by atoms with van der Waals surface area (Å²) in [6, 6.07) is 9.53. The summed E-state index contributed by atoms with van der Waals surface area (Å²) >= 11 is 1.31. The first-order valence-corrected chi connectivity index (χ1v) is 8.82. The second-order valence-corrected chi connectivity index (χ2v) is 8.00. The third-order valence-corrected chi connectivity index (χ3v) is 4.71. The molecule has 8 heteroatoms. The first-order valence-electron chi connectivity index (χ1n) is 8.00. The van der Waals surface area contributed by atoms with Crippen molar-refractivity contribution in [3.05, 3.63) is 35.9 Å². The van der Waals surface area contributed by atoms with Gasteiger partial charge in [-0.2, -0.15) is 0 Å². The number of amidine groups is 1. The van der Waals surface area contributed by atoms with Crippen molar-refractivity contribution in [1.82, 2.24) is 10.3 Å². The van der Waals surface area contributed by atoms with Crippen LogP contribution >= 0.6 is 11.8 Å². The number of carbonyl (C=O) groups is 2. The number of nitrogens with zero attached hydrogens (tertiary/aromatic N) is 2. The van der Waals surface area contributed by atoms with Crippen LogP contribution in [0.1, 0.15) is 39.7 Å². The lowest BCUT2D eigenvalue weighted by Gasteiger charge is -2.35. The van der Waals surface area contributed by atoms with Gasteiger partial charge in [0.2, 0.25) is 5.91 Å². The second-order valence-electron chi connectivity index (χ2n) is 6.70. The van der Waals surface area contributed by atoms with Gasteiger partial charge in [-0.25, -0.2) is 9.80 Å². The van der Waals surface area contributed by atoms with Gasteiger partial charge in [0.15, 0.2) is 5.17 Å². The third kappa shape index (κ3) is 4.66. The van der Waals surface area contributed by atoms with E-state index in [-0.39, 0.29) is 5.91 Å². The molecule has 1 aliphatic rings. The van der Waals surface area contributed by atoms with E-state index >= 15 is 0 Å². The number of thioether (sulfide) groups is 1. The lowest BCUT2D eigenvalue weighted by atomic mass is 10.0. The SMILES string of the molecule is CC(=O)N1N=C(N)SC1(CCNC(=O)OC(C)(C)C)c1ccccc1. The Hall–Kier alpha value is -2.22. The maximum atomic E-state index is 12.1. The van der Waals surface area contributed by atoms with Gasteiger partial charge in [-0.1, -0.05) is 42.1 Å². The fourth-order valence-electron chi connectivity index (χ4n) is 2.57. The summed E-state index contributed by atoms with van der Waals surface area (Å²) in [5, 5.41) is 8.61. The molecule has 0 saturated heterocycles. The highest BCUT2D eigenvalue weighted by atomic mass is 32.2. The molecule has 0 aromatic heterocycles. The van der Waals surface area contributed by atoms with Crippen molar-refractivity contribution >= 4 is 28.9 Å². The monoisotopic (exact) mass is 364 g/mol. The molecule has 1 aliphatic heterocycles. The van der Waals surface area contributed by atoms with Crippen LogP contribution in [-0.4, -0.2) is 34.3 Å². The van der Waals surface area contributed by atoms with Crippen LogP contribution in [-0.2, 0) is 14.4 Å². The molecule has 0 spiro atoms. The molecule has 2 amide bonds. The quantitative estimate of drug-likeness (QED) is 0.856. The molecule has 25 heavy (non-hydrogen) atoms. The maximum Gasteiger partial charge on any atom is 0.407 e. The minimum atomic E-state index is -0.786. The molecule has 0 radical (unpaired) electrons. The normalized spacial score (nSPS) is 20.2. The van der Waals surface area contributed by atoms with Gasteiger partial charge in [-0.15, -0.1) is 5.10 Å². The predicted octanol–water partition coefficient (Wildman–Crippen LogP) is 2.58. The number of hydrogen-bond donors (Lipinski definition) is 2. The molecule has 0 aliphatic carbocycles. The number of alkyl carbamates (subject to hydrolysis) is 1. The smallest absolute Gasteiger partial charge is 0.407 e. The van der Waals surface area contributed by atoms with Crippen molar-refractivity contribution in [2.45, 2.75) is 44.6 Å². The van der Waals surface area contributed by atoms with Crippen molar-refractivity contribution in [1.29, 1.82) is 0 Å². The molecular formula is C17H24N4O3S. The summed E-state index contributed by atoms with van der Waals surface area (Å²) in [6.45, 7) is 7.16. The Morgan fingerprint density at radius 1 is 1.32 bits per heavy atom. The van der Waals surface area contributed by atoms with Gasteiger partial charge in [0, 0.05) is 19.9 Å². The van der Waals surface area contributed by atoms with Crippen LogP contribution in [0.5, 0.6) is 0 Å². The number of benzene rings is 1. The number of ether oxygens (including phenoxy) is 1. The largest absolute Gasteiger partial charge is 0.444 e. The highest BCUT2D eigenvalue weighted by molar-refractivity contribution is 8.14. The average molecular weight is 364 g/mol. The molecule has 136 valence electrons. The number of hydrazone groups is 1. The van der Waals surface area contributed by atoms with Gasteiger partial charge >= 0.3 is 6.09 Å². The fraction of sp³-hybridized carbons (Fsp3) is 0.471. The Kier molecular flexibility index (Phi) is 5.62. The van der Waals surface area contributed by atoms with E-state index in [1.807, 2.05) is 30.3 Å². The number of rotatable bonds is 4. The summed E-state index contributed by atoms with van der Waals surface area (Å²) in [6.07, 6.45) is -0.0630. The molecule has 0 bridgehead atoms. The van der Waals surface area contributed by atoms with E-state index in [2.05, 4.69) is 10.4 Å². The Labute approximate surface area is 152 Å². The number of nitrogens with two attached hydrogens (primary N) is 1. The molecule has 7 nitrogen and oxygen atoms in total. The van der Waals surface area contributed by atoms with E-state index in [0.717, 1.165) is 5.56 Å². The second kappa shape index (κ2) is 7.35. The predicted molar refractivity (Wildman–Crippen MR) is 98.7 cm³/mol. The van der Waals surface area contributed by atoms with Crippen molar-refractivity contribution < 1.29 is 14.3 Å². The zero-order valence-electron chi connectivity index (χ0n) is 14.9. The van der Waals surface area contributed by atoms with Gasteiger partial charge in [-0.3, -0.25) is 4.79 Å². The molecule has 1 unspecified atom stereocenters. The third-order valence-electron chi connectivity index (χ3n) is 3.47. The van der Waals surface area contributed by atoms with Gasteiger partial charge in [0.1, 0.15) is 10.5 Å². The Morgan fingerprint density at radius 2 is 1.96 bits per heavy atom. The molecule has 1 aromatic rings. The number of nitrogens with one attached hydrogen (secondary N) is 1. The average Bonchev–Trinajstić information content (AvgIpc) is 2.84. The van der Waals surface area contributed by atoms with E-state index < -0.39 is 16.6 Å². The summed E-state index contributed by atoms with van der Waals surface area (Å²) in [4.78, 5) is 23.2. The van der Waals surface area contributed by atoms with E-state index in [0.29, 0.717) is 18.1 Å². The molecule has 3 N–H and O–H groups in total. The summed E-state index contributed by atoms with van der Waals surface area (Å²) in [5.74, 6) is -0.214. The van der Waals surface area contributed by atoms with Gasteiger partial charge in [-0.05, 0) is 26.3 Å². The van der Waals surface area contributed by atoms with Crippen molar-refractivity contribution in [3.8, 4) is 0 Å². The highest BCUT2D eigenvalue weighted by Gasteiger charge is 2.46. The first-order chi connectivity index (χ1) is 11.6.